The smallest absolute Gasteiger partial charge is 0.0540 e. The molecule has 9 aromatic rings. The fourth-order valence-electron chi connectivity index (χ4n) is 7.52. The first-order chi connectivity index (χ1) is 26.3. The van der Waals surface area contributed by atoms with Gasteiger partial charge in [0.2, 0.25) is 0 Å². The van der Waals surface area contributed by atoms with Crippen molar-refractivity contribution < 1.29 is 0 Å². The third kappa shape index (κ3) is 6.42. The molecule has 0 spiro atoms. The summed E-state index contributed by atoms with van der Waals surface area (Å²) in [6.07, 6.45) is 0. The molecular formula is C52H37N. The molecule has 0 saturated heterocycles. The third-order valence-electron chi connectivity index (χ3n) is 10.0. The molecule has 0 N–H and O–H groups in total. The van der Waals surface area contributed by atoms with Gasteiger partial charge in [-0.1, -0.05) is 188 Å². The normalized spacial score (nSPS) is 11.0. The Morgan fingerprint density at radius 2 is 0.642 bits per heavy atom. The first-order valence-corrected chi connectivity index (χ1v) is 18.2. The quantitative estimate of drug-likeness (QED) is 0.155. The zero-order valence-corrected chi connectivity index (χ0v) is 29.3. The van der Waals surface area contributed by atoms with Gasteiger partial charge >= 0.3 is 0 Å². The van der Waals surface area contributed by atoms with Crippen molar-refractivity contribution in [2.45, 2.75) is 0 Å². The van der Waals surface area contributed by atoms with E-state index in [-0.39, 0.29) is 0 Å². The first kappa shape index (κ1) is 32.0. The van der Waals surface area contributed by atoms with Crippen molar-refractivity contribution in [1.82, 2.24) is 0 Å². The van der Waals surface area contributed by atoms with Crippen LogP contribution in [0.3, 0.4) is 0 Å². The van der Waals surface area contributed by atoms with Gasteiger partial charge in [-0.25, -0.2) is 0 Å². The Morgan fingerprint density at radius 3 is 1.26 bits per heavy atom. The number of rotatable bonds is 8. The minimum absolute atomic E-state index is 1.09. The molecule has 9 rings (SSSR count). The molecule has 0 bridgehead atoms. The van der Waals surface area contributed by atoms with E-state index in [2.05, 4.69) is 229 Å². The lowest BCUT2D eigenvalue weighted by atomic mass is 9.93. The summed E-state index contributed by atoms with van der Waals surface area (Å²) in [5.74, 6) is 0. The number of para-hydroxylation sites is 2. The predicted octanol–water partition coefficient (Wildman–Crippen LogP) is 14.6. The minimum atomic E-state index is 1.09. The van der Waals surface area contributed by atoms with Crippen molar-refractivity contribution in [2.24, 2.45) is 0 Å². The number of hydrogen-bond donors (Lipinski definition) is 0. The summed E-state index contributed by atoms with van der Waals surface area (Å²) in [7, 11) is 0. The molecule has 0 unspecified atom stereocenters. The average Bonchev–Trinajstić information content (AvgIpc) is 3.25. The zero-order chi connectivity index (χ0) is 35.4. The molecule has 0 radical (unpaired) electrons. The Hall–Kier alpha value is -6.96. The van der Waals surface area contributed by atoms with Crippen LogP contribution in [0.5, 0.6) is 0 Å². The summed E-state index contributed by atoms with van der Waals surface area (Å²) in [5, 5.41) is 2.50. The van der Waals surface area contributed by atoms with Gasteiger partial charge in [0, 0.05) is 16.8 Å². The third-order valence-corrected chi connectivity index (χ3v) is 10.0. The van der Waals surface area contributed by atoms with Gasteiger partial charge in [-0.05, 0) is 91.7 Å². The molecular weight excluding hydrogens is 639 g/mol. The first-order valence-electron chi connectivity index (χ1n) is 18.2. The summed E-state index contributed by atoms with van der Waals surface area (Å²) < 4.78 is 0. The van der Waals surface area contributed by atoms with E-state index < -0.39 is 0 Å². The standard InChI is InChI=1S/C52H37N/c1-4-18-38(19-5-1)44-35-45(39-20-6-2-7-21-39)37-46(36-44)53(51-32-14-12-29-49(51)41-22-8-3-9-23-41)52-33-15-13-30-50(52)43-27-16-26-42(34-43)48-31-17-25-40-24-10-11-28-47(40)48/h1-37H. The fraction of sp³-hybridized carbons (Fsp3) is 0. The van der Waals surface area contributed by atoms with E-state index in [0.29, 0.717) is 0 Å². The molecule has 1 nitrogen and oxygen atoms in total. The molecule has 0 saturated carbocycles. The van der Waals surface area contributed by atoms with Gasteiger partial charge in [0.05, 0.1) is 11.4 Å². The van der Waals surface area contributed by atoms with Gasteiger partial charge in [0.25, 0.3) is 0 Å². The Labute approximate surface area is 311 Å². The van der Waals surface area contributed by atoms with Crippen molar-refractivity contribution >= 4 is 27.8 Å². The van der Waals surface area contributed by atoms with Gasteiger partial charge < -0.3 is 4.90 Å². The highest BCUT2D eigenvalue weighted by Gasteiger charge is 2.22. The predicted molar refractivity (Wildman–Crippen MR) is 226 cm³/mol. The lowest BCUT2D eigenvalue weighted by molar-refractivity contribution is 1.28. The van der Waals surface area contributed by atoms with Crippen LogP contribution < -0.4 is 4.90 Å². The Morgan fingerprint density at radius 1 is 0.245 bits per heavy atom. The monoisotopic (exact) mass is 675 g/mol. The summed E-state index contributed by atoms with van der Waals surface area (Å²) in [5.41, 5.74) is 15.1. The van der Waals surface area contributed by atoms with Crippen molar-refractivity contribution in [2.75, 3.05) is 4.90 Å². The van der Waals surface area contributed by atoms with Gasteiger partial charge in [-0.15, -0.1) is 0 Å². The Balaban J connectivity index is 1.30. The molecule has 0 fully saturated rings. The Bertz CT molecular complexity index is 2600. The maximum Gasteiger partial charge on any atom is 0.0540 e. The molecule has 250 valence electrons. The van der Waals surface area contributed by atoms with E-state index in [0.717, 1.165) is 28.2 Å². The lowest BCUT2D eigenvalue weighted by Gasteiger charge is -2.31. The van der Waals surface area contributed by atoms with Crippen molar-refractivity contribution in [3.63, 3.8) is 0 Å². The second kappa shape index (κ2) is 14.3. The van der Waals surface area contributed by atoms with E-state index in [1.807, 2.05) is 0 Å². The molecule has 0 amide bonds. The minimum Gasteiger partial charge on any atom is -0.309 e. The maximum absolute atomic E-state index is 2.46. The number of anilines is 3. The van der Waals surface area contributed by atoms with Crippen molar-refractivity contribution in [3.05, 3.63) is 224 Å². The Kier molecular flexibility index (Phi) is 8.66. The van der Waals surface area contributed by atoms with Crippen LogP contribution >= 0.6 is 0 Å². The van der Waals surface area contributed by atoms with Crippen LogP contribution in [-0.2, 0) is 0 Å². The van der Waals surface area contributed by atoms with Gasteiger partial charge in [0.15, 0.2) is 0 Å². The van der Waals surface area contributed by atoms with E-state index in [1.165, 1.54) is 55.3 Å². The summed E-state index contributed by atoms with van der Waals surface area (Å²) in [4.78, 5) is 2.46. The second-order valence-corrected chi connectivity index (χ2v) is 13.3. The molecule has 0 heterocycles. The molecule has 1 heteroatoms. The molecule has 0 atom stereocenters. The maximum atomic E-state index is 2.46. The molecule has 0 aliphatic heterocycles. The molecule has 53 heavy (non-hydrogen) atoms. The summed E-state index contributed by atoms with van der Waals surface area (Å²) in [6, 6.07) is 81.0. The van der Waals surface area contributed by atoms with Crippen LogP contribution in [0.2, 0.25) is 0 Å². The summed E-state index contributed by atoms with van der Waals surface area (Å²) in [6.45, 7) is 0. The van der Waals surface area contributed by atoms with Crippen LogP contribution in [0.4, 0.5) is 17.1 Å². The molecule has 0 aliphatic rings. The number of fused-ring (bicyclic) bond motifs is 1. The SMILES string of the molecule is c1ccc(-c2cc(-c3ccccc3)cc(N(c3ccccc3-c3ccccc3)c3ccccc3-c3cccc(-c4cccc5ccccc45)c3)c2)cc1. The lowest BCUT2D eigenvalue weighted by Crippen LogP contribution is -2.13. The highest BCUT2D eigenvalue weighted by atomic mass is 15.1. The molecule has 0 aliphatic carbocycles. The van der Waals surface area contributed by atoms with Gasteiger partial charge in [0.1, 0.15) is 0 Å². The van der Waals surface area contributed by atoms with E-state index in [9.17, 15) is 0 Å². The van der Waals surface area contributed by atoms with Crippen LogP contribution in [0.25, 0.3) is 66.4 Å². The van der Waals surface area contributed by atoms with Crippen molar-refractivity contribution in [1.29, 1.82) is 0 Å². The topological polar surface area (TPSA) is 3.24 Å². The summed E-state index contributed by atoms with van der Waals surface area (Å²) >= 11 is 0. The molecule has 0 aromatic heterocycles. The number of hydrogen-bond acceptors (Lipinski definition) is 1. The van der Waals surface area contributed by atoms with Crippen LogP contribution in [0, 0.1) is 0 Å². The fourth-order valence-corrected chi connectivity index (χ4v) is 7.52. The average molecular weight is 676 g/mol. The van der Waals surface area contributed by atoms with Crippen LogP contribution in [-0.4, -0.2) is 0 Å². The zero-order valence-electron chi connectivity index (χ0n) is 29.3. The van der Waals surface area contributed by atoms with Crippen molar-refractivity contribution in [3.8, 4) is 55.6 Å². The highest BCUT2D eigenvalue weighted by Crippen LogP contribution is 2.47. The highest BCUT2D eigenvalue weighted by molar-refractivity contribution is 5.99. The van der Waals surface area contributed by atoms with Gasteiger partial charge in [-0.3, -0.25) is 0 Å². The van der Waals surface area contributed by atoms with Crippen LogP contribution in [0.15, 0.2) is 224 Å². The molecule has 9 aromatic carbocycles. The van der Waals surface area contributed by atoms with Crippen LogP contribution in [0.1, 0.15) is 0 Å². The van der Waals surface area contributed by atoms with Gasteiger partial charge in [-0.2, -0.15) is 0 Å². The van der Waals surface area contributed by atoms with E-state index >= 15 is 0 Å². The number of benzene rings is 9. The second-order valence-electron chi connectivity index (χ2n) is 13.3. The van der Waals surface area contributed by atoms with E-state index in [4.69, 9.17) is 0 Å². The number of nitrogens with zero attached hydrogens (tertiary/aromatic N) is 1. The van der Waals surface area contributed by atoms with E-state index in [1.54, 1.807) is 0 Å². The largest absolute Gasteiger partial charge is 0.309 e.